The van der Waals surface area contributed by atoms with E-state index in [0.717, 1.165) is 0 Å². The Bertz CT molecular complexity index is 362. The van der Waals surface area contributed by atoms with Crippen LogP contribution in [0.5, 0.6) is 0 Å². The van der Waals surface area contributed by atoms with Crippen LogP contribution in [0.1, 0.15) is 26.7 Å². The van der Waals surface area contributed by atoms with Gasteiger partial charge in [0.15, 0.2) is 0 Å². The van der Waals surface area contributed by atoms with Gasteiger partial charge >= 0.3 is 5.97 Å². The lowest BCUT2D eigenvalue weighted by Crippen LogP contribution is -2.50. The van der Waals surface area contributed by atoms with E-state index in [2.05, 4.69) is 4.74 Å². The molecule has 0 rings (SSSR count). The van der Waals surface area contributed by atoms with Crippen molar-refractivity contribution in [1.82, 2.24) is 4.90 Å². The van der Waals surface area contributed by atoms with Gasteiger partial charge in [0.2, 0.25) is 5.91 Å². The van der Waals surface area contributed by atoms with Crippen molar-refractivity contribution in [2.24, 2.45) is 11.1 Å². The lowest BCUT2D eigenvalue weighted by atomic mass is 9.85. The molecule has 0 aliphatic heterocycles. The second kappa shape index (κ2) is 8.86. The molecule has 0 fully saturated rings. The number of hydrogen-bond donors (Lipinski definition) is 1. The maximum Gasteiger partial charge on any atom is 0.307 e. The van der Waals surface area contributed by atoms with Crippen molar-refractivity contribution in [3.05, 3.63) is 0 Å². The number of hydrogen-bond acceptors (Lipinski definition) is 5. The lowest BCUT2D eigenvalue weighted by Gasteiger charge is -2.33. The van der Waals surface area contributed by atoms with Crippen LogP contribution in [-0.2, 0) is 19.1 Å². The molecule has 0 saturated carbocycles. The summed E-state index contributed by atoms with van der Waals surface area (Å²) in [6.07, 6.45) is 0.631. The van der Waals surface area contributed by atoms with E-state index in [1.165, 1.54) is 7.11 Å². The minimum Gasteiger partial charge on any atom is -0.469 e. The second-order valence-corrected chi connectivity index (χ2v) is 5.10. The van der Waals surface area contributed by atoms with E-state index >= 15 is 0 Å². The Hall–Kier alpha value is -1.21. The molecule has 0 aromatic rings. The zero-order valence-corrected chi connectivity index (χ0v) is 13.4. The fourth-order valence-electron chi connectivity index (χ4n) is 1.62. The summed E-state index contributed by atoms with van der Waals surface area (Å²) < 4.78 is 9.57. The summed E-state index contributed by atoms with van der Waals surface area (Å²) in [5.41, 5.74) is 4.79. The molecule has 6 nitrogen and oxygen atoms in total. The smallest absolute Gasteiger partial charge is 0.307 e. The fourth-order valence-corrected chi connectivity index (χ4v) is 1.86. The van der Waals surface area contributed by atoms with E-state index in [-0.39, 0.29) is 29.8 Å². The van der Waals surface area contributed by atoms with Gasteiger partial charge in [0.1, 0.15) is 0 Å². The molecule has 0 saturated heterocycles. The molecule has 0 aliphatic rings. The summed E-state index contributed by atoms with van der Waals surface area (Å²) in [7, 11) is 2.87. The van der Waals surface area contributed by atoms with Gasteiger partial charge in [-0.15, -0.1) is 0 Å². The molecule has 7 heteroatoms. The summed E-state index contributed by atoms with van der Waals surface area (Å²) in [5.74, 6) is -0.554. The number of nitrogens with two attached hydrogens (primary N) is 1. The number of thiocarbonyl (C=S) groups is 1. The molecule has 0 spiro atoms. The van der Waals surface area contributed by atoms with Gasteiger partial charge in [0.25, 0.3) is 0 Å². The van der Waals surface area contributed by atoms with Crippen LogP contribution in [0.15, 0.2) is 0 Å². The SMILES string of the molecule is CCC(C)(C(=O)N(CCOC)CCC(=O)OC)C(N)=S. The summed E-state index contributed by atoms with van der Waals surface area (Å²) in [4.78, 5) is 25.5. The zero-order chi connectivity index (χ0) is 15.8. The molecule has 0 aromatic heterocycles. The number of rotatable bonds is 9. The van der Waals surface area contributed by atoms with Crippen molar-refractivity contribution in [3.63, 3.8) is 0 Å². The van der Waals surface area contributed by atoms with Crippen molar-refractivity contribution in [3.8, 4) is 0 Å². The number of nitrogens with zero attached hydrogens (tertiary/aromatic N) is 1. The van der Waals surface area contributed by atoms with Gasteiger partial charge in [-0.2, -0.15) is 0 Å². The minimum absolute atomic E-state index is 0.128. The van der Waals surface area contributed by atoms with Crippen LogP contribution in [-0.4, -0.2) is 55.7 Å². The number of esters is 1. The van der Waals surface area contributed by atoms with Gasteiger partial charge in [-0.25, -0.2) is 0 Å². The Labute approximate surface area is 125 Å². The molecule has 0 radical (unpaired) electrons. The molecule has 0 bridgehead atoms. The third kappa shape index (κ3) is 5.05. The first-order valence-electron chi connectivity index (χ1n) is 6.48. The van der Waals surface area contributed by atoms with E-state index in [1.54, 1.807) is 18.9 Å². The molecule has 2 N–H and O–H groups in total. The molecule has 1 unspecified atom stereocenters. The molecule has 0 aliphatic carbocycles. The molecule has 0 aromatic carbocycles. The maximum atomic E-state index is 12.6. The first kappa shape index (κ1) is 18.8. The summed E-state index contributed by atoms with van der Waals surface area (Å²) >= 11 is 5.00. The Kier molecular flexibility index (Phi) is 8.33. The standard InChI is InChI=1S/C13H24N2O4S/c1-5-13(2,11(14)20)12(17)15(8-9-18-3)7-6-10(16)19-4/h5-9H2,1-4H3,(H2,14,20). The third-order valence-corrected chi connectivity index (χ3v) is 3.84. The van der Waals surface area contributed by atoms with E-state index < -0.39 is 5.41 Å². The third-order valence-electron chi connectivity index (χ3n) is 3.39. The summed E-state index contributed by atoms with van der Waals surface area (Å²) in [6.45, 7) is 4.59. The maximum absolute atomic E-state index is 12.6. The van der Waals surface area contributed by atoms with E-state index in [1.807, 2.05) is 6.92 Å². The first-order valence-corrected chi connectivity index (χ1v) is 6.89. The molecule has 116 valence electrons. The second-order valence-electron chi connectivity index (χ2n) is 4.66. The normalized spacial score (nSPS) is 13.4. The van der Waals surface area contributed by atoms with Crippen LogP contribution >= 0.6 is 12.2 Å². The average Bonchev–Trinajstić information content (AvgIpc) is 2.45. The largest absolute Gasteiger partial charge is 0.469 e. The van der Waals surface area contributed by atoms with Crippen LogP contribution < -0.4 is 5.73 Å². The molecule has 1 atom stereocenters. The molecule has 20 heavy (non-hydrogen) atoms. The molecular formula is C13H24N2O4S. The van der Waals surface area contributed by atoms with Crippen molar-refractivity contribution in [1.29, 1.82) is 0 Å². The van der Waals surface area contributed by atoms with E-state index in [0.29, 0.717) is 19.6 Å². The summed E-state index contributed by atoms with van der Waals surface area (Å²) in [5, 5.41) is 0. The Balaban J connectivity index is 4.95. The molecule has 1 amide bonds. The molecule has 0 heterocycles. The van der Waals surface area contributed by atoms with Gasteiger partial charge in [0.05, 0.1) is 30.5 Å². The van der Waals surface area contributed by atoms with E-state index in [4.69, 9.17) is 22.7 Å². The Morgan fingerprint density at radius 2 is 1.90 bits per heavy atom. The van der Waals surface area contributed by atoms with Crippen LogP contribution in [0.25, 0.3) is 0 Å². The van der Waals surface area contributed by atoms with Gasteiger partial charge in [-0.1, -0.05) is 19.1 Å². The van der Waals surface area contributed by atoms with Crippen LogP contribution in [0.4, 0.5) is 0 Å². The van der Waals surface area contributed by atoms with Crippen LogP contribution in [0, 0.1) is 5.41 Å². The number of carbonyl (C=O) groups excluding carboxylic acids is 2. The van der Waals surface area contributed by atoms with Gasteiger partial charge < -0.3 is 20.1 Å². The fraction of sp³-hybridized carbons (Fsp3) is 0.769. The van der Waals surface area contributed by atoms with E-state index in [9.17, 15) is 9.59 Å². The molecular weight excluding hydrogens is 280 g/mol. The zero-order valence-electron chi connectivity index (χ0n) is 12.6. The van der Waals surface area contributed by atoms with Crippen molar-refractivity contribution >= 4 is 29.1 Å². The van der Waals surface area contributed by atoms with Crippen LogP contribution in [0.2, 0.25) is 0 Å². The van der Waals surface area contributed by atoms with Gasteiger partial charge in [0, 0.05) is 20.2 Å². The predicted molar refractivity (Wildman–Crippen MR) is 80.3 cm³/mol. The monoisotopic (exact) mass is 304 g/mol. The van der Waals surface area contributed by atoms with Crippen molar-refractivity contribution < 1.29 is 19.1 Å². The average molecular weight is 304 g/mol. The quantitative estimate of drug-likeness (QED) is 0.499. The first-order chi connectivity index (χ1) is 9.33. The Morgan fingerprint density at radius 3 is 2.30 bits per heavy atom. The topological polar surface area (TPSA) is 81.9 Å². The number of carbonyl (C=O) groups is 2. The lowest BCUT2D eigenvalue weighted by molar-refractivity contribution is -0.143. The number of methoxy groups -OCH3 is 2. The highest BCUT2D eigenvalue weighted by atomic mass is 32.1. The highest BCUT2D eigenvalue weighted by molar-refractivity contribution is 7.80. The number of amides is 1. The Morgan fingerprint density at radius 1 is 1.30 bits per heavy atom. The van der Waals surface area contributed by atoms with Crippen LogP contribution in [0.3, 0.4) is 0 Å². The summed E-state index contributed by atoms with van der Waals surface area (Å²) in [6, 6.07) is 0. The van der Waals surface area contributed by atoms with Crippen molar-refractivity contribution in [2.45, 2.75) is 26.7 Å². The highest BCUT2D eigenvalue weighted by Crippen LogP contribution is 2.25. The van der Waals surface area contributed by atoms with Gasteiger partial charge in [-0.05, 0) is 13.3 Å². The number of ether oxygens (including phenoxy) is 2. The minimum atomic E-state index is -0.904. The highest BCUT2D eigenvalue weighted by Gasteiger charge is 2.37. The van der Waals surface area contributed by atoms with Crippen molar-refractivity contribution in [2.75, 3.05) is 33.9 Å². The van der Waals surface area contributed by atoms with Gasteiger partial charge in [-0.3, -0.25) is 9.59 Å². The predicted octanol–water partition coefficient (Wildman–Crippen LogP) is 0.727.